The molecule has 3 nitrogen and oxygen atoms in total. The molecule has 19 heavy (non-hydrogen) atoms. The fourth-order valence-corrected chi connectivity index (χ4v) is 1.66. The van der Waals surface area contributed by atoms with Gasteiger partial charge in [0.15, 0.2) is 0 Å². The summed E-state index contributed by atoms with van der Waals surface area (Å²) in [6.45, 7) is -0.996. The molecule has 100 valence electrons. The van der Waals surface area contributed by atoms with Crippen molar-refractivity contribution in [2.75, 3.05) is 0 Å². The molecule has 0 aliphatic rings. The fraction of sp³-hybridized carbons (Fsp3) is 0.214. The molecule has 0 bridgehead atoms. The van der Waals surface area contributed by atoms with E-state index < -0.39 is 12.7 Å². The van der Waals surface area contributed by atoms with Crippen LogP contribution in [-0.4, -0.2) is 16.7 Å². The van der Waals surface area contributed by atoms with E-state index in [1.807, 2.05) is 6.92 Å². The summed E-state index contributed by atoms with van der Waals surface area (Å²) in [6, 6.07) is 9.45. The molecule has 0 saturated heterocycles. The van der Waals surface area contributed by atoms with Crippen molar-refractivity contribution in [3.05, 3.63) is 59.4 Å². The molecular formula is C14H13F2NO2. The summed E-state index contributed by atoms with van der Waals surface area (Å²) < 4.78 is 28.2. The number of rotatable bonds is 4. The van der Waals surface area contributed by atoms with Crippen molar-refractivity contribution in [1.82, 2.24) is 4.98 Å². The number of halogens is 2. The number of aliphatic hydroxyl groups is 1. The number of hydrogen-bond acceptors (Lipinski definition) is 3. The average Bonchev–Trinajstić information content (AvgIpc) is 2.39. The Bertz CT molecular complexity index is 526. The van der Waals surface area contributed by atoms with E-state index in [2.05, 4.69) is 9.72 Å². The minimum Gasteiger partial charge on any atom is -0.435 e. The van der Waals surface area contributed by atoms with Gasteiger partial charge < -0.3 is 9.84 Å². The molecule has 5 heteroatoms. The van der Waals surface area contributed by atoms with E-state index in [0.29, 0.717) is 11.1 Å². The molecule has 1 atom stereocenters. The summed E-state index contributed by atoms with van der Waals surface area (Å²) in [5, 5.41) is 10.1. The molecule has 1 unspecified atom stereocenters. The number of alkyl halides is 2. The SMILES string of the molecule is Cc1ccc(C(O)c2ccc(OC(F)F)cc2)cn1. The van der Waals surface area contributed by atoms with Crippen molar-refractivity contribution >= 4 is 0 Å². The zero-order chi connectivity index (χ0) is 13.8. The number of aryl methyl sites for hydroxylation is 1. The Morgan fingerprint density at radius 3 is 2.21 bits per heavy atom. The standard InChI is InChI=1S/C14H13F2NO2/c1-9-2-3-11(8-17-9)13(18)10-4-6-12(7-5-10)19-14(15)16/h2-8,13-14,18H,1H3. The molecule has 0 fully saturated rings. The fourth-order valence-electron chi connectivity index (χ4n) is 1.66. The van der Waals surface area contributed by atoms with Crippen molar-refractivity contribution < 1.29 is 18.6 Å². The van der Waals surface area contributed by atoms with Crippen LogP contribution in [0.5, 0.6) is 5.75 Å². The summed E-state index contributed by atoms with van der Waals surface area (Å²) >= 11 is 0. The first-order chi connectivity index (χ1) is 9.06. The predicted molar refractivity (Wildman–Crippen MR) is 66.1 cm³/mol. The summed E-state index contributed by atoms with van der Waals surface area (Å²) in [5.41, 5.74) is 2.09. The van der Waals surface area contributed by atoms with Crippen molar-refractivity contribution in [1.29, 1.82) is 0 Å². The first-order valence-electron chi connectivity index (χ1n) is 5.71. The number of aromatic nitrogens is 1. The number of pyridine rings is 1. The van der Waals surface area contributed by atoms with Crippen LogP contribution in [0.25, 0.3) is 0 Å². The molecule has 1 aromatic heterocycles. The lowest BCUT2D eigenvalue weighted by Crippen LogP contribution is -2.03. The summed E-state index contributed by atoms with van der Waals surface area (Å²) in [5.74, 6) is 0.0629. The van der Waals surface area contributed by atoms with Gasteiger partial charge in [-0.2, -0.15) is 8.78 Å². The van der Waals surface area contributed by atoms with Crippen LogP contribution in [0.3, 0.4) is 0 Å². The highest BCUT2D eigenvalue weighted by molar-refractivity contribution is 5.33. The van der Waals surface area contributed by atoms with Crippen LogP contribution in [0.2, 0.25) is 0 Å². The Hall–Kier alpha value is -2.01. The first-order valence-corrected chi connectivity index (χ1v) is 5.71. The van der Waals surface area contributed by atoms with Gasteiger partial charge in [-0.1, -0.05) is 18.2 Å². The Balaban J connectivity index is 2.15. The lowest BCUT2D eigenvalue weighted by atomic mass is 10.0. The van der Waals surface area contributed by atoms with Crippen molar-refractivity contribution in [3.63, 3.8) is 0 Å². The van der Waals surface area contributed by atoms with Gasteiger partial charge >= 0.3 is 6.61 Å². The Morgan fingerprint density at radius 2 is 1.68 bits per heavy atom. The van der Waals surface area contributed by atoms with Crippen LogP contribution in [0.1, 0.15) is 22.9 Å². The smallest absolute Gasteiger partial charge is 0.387 e. The first kappa shape index (κ1) is 13.4. The molecule has 0 amide bonds. The largest absolute Gasteiger partial charge is 0.435 e. The molecule has 0 saturated carbocycles. The van der Waals surface area contributed by atoms with Crippen molar-refractivity contribution in [3.8, 4) is 5.75 Å². The third-order valence-corrected chi connectivity index (χ3v) is 2.67. The number of benzene rings is 1. The van der Waals surface area contributed by atoms with E-state index in [9.17, 15) is 13.9 Å². The molecule has 1 heterocycles. The molecular weight excluding hydrogens is 252 g/mol. The quantitative estimate of drug-likeness (QED) is 0.923. The van der Waals surface area contributed by atoms with Crippen LogP contribution in [0.4, 0.5) is 8.78 Å². The molecule has 1 aromatic carbocycles. The van der Waals surface area contributed by atoms with Crippen LogP contribution in [0.15, 0.2) is 42.6 Å². The number of aliphatic hydroxyl groups excluding tert-OH is 1. The van der Waals surface area contributed by atoms with Gasteiger partial charge in [-0.05, 0) is 30.7 Å². The average molecular weight is 265 g/mol. The van der Waals surface area contributed by atoms with Crippen molar-refractivity contribution in [2.24, 2.45) is 0 Å². The molecule has 2 rings (SSSR count). The zero-order valence-electron chi connectivity index (χ0n) is 10.3. The number of hydrogen-bond donors (Lipinski definition) is 1. The molecule has 0 aliphatic carbocycles. The van der Waals surface area contributed by atoms with E-state index in [0.717, 1.165) is 5.69 Å². The van der Waals surface area contributed by atoms with E-state index in [-0.39, 0.29) is 5.75 Å². The highest BCUT2D eigenvalue weighted by atomic mass is 19.3. The van der Waals surface area contributed by atoms with Gasteiger partial charge in [-0.15, -0.1) is 0 Å². The van der Waals surface area contributed by atoms with Gasteiger partial charge in [0.05, 0.1) is 0 Å². The lowest BCUT2D eigenvalue weighted by molar-refractivity contribution is -0.0498. The minimum absolute atomic E-state index is 0.0629. The van der Waals surface area contributed by atoms with Crippen LogP contribution < -0.4 is 4.74 Å². The Labute approximate surface area is 109 Å². The van der Waals surface area contributed by atoms with Gasteiger partial charge in [0.25, 0.3) is 0 Å². The molecule has 0 radical (unpaired) electrons. The maximum atomic E-state index is 12.0. The van der Waals surface area contributed by atoms with Crippen LogP contribution >= 0.6 is 0 Å². The van der Waals surface area contributed by atoms with E-state index in [1.54, 1.807) is 30.5 Å². The molecule has 2 aromatic rings. The zero-order valence-corrected chi connectivity index (χ0v) is 10.3. The third-order valence-electron chi connectivity index (χ3n) is 2.67. The third kappa shape index (κ3) is 3.48. The molecule has 0 spiro atoms. The Kier molecular flexibility index (Phi) is 4.06. The minimum atomic E-state index is -2.85. The second-order valence-corrected chi connectivity index (χ2v) is 4.08. The summed E-state index contributed by atoms with van der Waals surface area (Å²) in [6.07, 6.45) is 0.748. The predicted octanol–water partition coefficient (Wildman–Crippen LogP) is 3.07. The van der Waals surface area contributed by atoms with Crippen LogP contribution in [0, 0.1) is 6.92 Å². The van der Waals surface area contributed by atoms with Gasteiger partial charge in [-0.3, -0.25) is 4.98 Å². The topological polar surface area (TPSA) is 42.4 Å². The Morgan fingerprint density at radius 1 is 1.05 bits per heavy atom. The number of nitrogens with zero attached hydrogens (tertiary/aromatic N) is 1. The highest BCUT2D eigenvalue weighted by Crippen LogP contribution is 2.24. The maximum Gasteiger partial charge on any atom is 0.387 e. The summed E-state index contributed by atoms with van der Waals surface area (Å²) in [4.78, 5) is 4.10. The van der Waals surface area contributed by atoms with Crippen molar-refractivity contribution in [2.45, 2.75) is 19.6 Å². The molecule has 1 N–H and O–H groups in total. The highest BCUT2D eigenvalue weighted by Gasteiger charge is 2.11. The van der Waals surface area contributed by atoms with E-state index >= 15 is 0 Å². The van der Waals surface area contributed by atoms with Gasteiger partial charge in [0, 0.05) is 17.5 Å². The number of ether oxygens (including phenoxy) is 1. The van der Waals surface area contributed by atoms with Gasteiger partial charge in [0.2, 0.25) is 0 Å². The second-order valence-electron chi connectivity index (χ2n) is 4.08. The van der Waals surface area contributed by atoms with Gasteiger partial charge in [-0.25, -0.2) is 0 Å². The van der Waals surface area contributed by atoms with Gasteiger partial charge in [0.1, 0.15) is 11.9 Å². The molecule has 0 aliphatic heterocycles. The second kappa shape index (κ2) is 5.75. The van der Waals surface area contributed by atoms with E-state index in [4.69, 9.17) is 0 Å². The maximum absolute atomic E-state index is 12.0. The monoisotopic (exact) mass is 265 g/mol. The normalized spacial score (nSPS) is 12.5. The lowest BCUT2D eigenvalue weighted by Gasteiger charge is -2.12. The van der Waals surface area contributed by atoms with E-state index in [1.165, 1.54) is 12.1 Å². The summed E-state index contributed by atoms with van der Waals surface area (Å²) in [7, 11) is 0. The van der Waals surface area contributed by atoms with Crippen LogP contribution in [-0.2, 0) is 0 Å².